The Labute approximate surface area is 234 Å². The summed E-state index contributed by atoms with van der Waals surface area (Å²) in [5, 5.41) is 0. The zero-order valence-corrected chi connectivity index (χ0v) is 24.5. The lowest BCUT2D eigenvalue weighted by molar-refractivity contribution is -0.139. The van der Waals surface area contributed by atoms with Crippen LogP contribution >= 0.6 is 27.3 Å². The van der Waals surface area contributed by atoms with Crippen LogP contribution in [0.5, 0.6) is 11.5 Å². The van der Waals surface area contributed by atoms with Crippen LogP contribution in [0.4, 0.5) is 0 Å². The molecule has 2 aromatic carbocycles. The molecule has 1 aliphatic rings. The Morgan fingerprint density at radius 3 is 2.63 bits per heavy atom. The number of methoxy groups -OCH3 is 1. The van der Waals surface area contributed by atoms with Crippen LogP contribution < -0.4 is 24.4 Å². The number of hydrogen-bond acceptors (Lipinski definition) is 7. The Morgan fingerprint density at radius 1 is 1.18 bits per heavy atom. The fraction of sp³-hybridized carbons (Fsp3) is 0.345. The molecule has 3 aromatic rings. The molecule has 1 atom stereocenters. The molecule has 200 valence electrons. The second-order valence-electron chi connectivity index (χ2n) is 9.00. The lowest BCUT2D eigenvalue weighted by Crippen LogP contribution is -2.40. The minimum absolute atomic E-state index is 0.0153. The average Bonchev–Trinajstić information content (AvgIpc) is 3.19. The summed E-state index contributed by atoms with van der Waals surface area (Å²) >= 11 is 4.84. The molecule has 0 unspecified atom stereocenters. The standard InChI is InChI=1S/C29H31BrN2O5S/c1-6-10-21-25(28(34)36-7-2)26(20-16-19(30)13-14-23(20)35-5)32-27(33)24(38-29(32)31-21)15-18-11-8-9-12-22(18)37-17(3)4/h8-9,11-17,26H,6-7,10H2,1-5H3/b24-15+/t26-/m0/s1. The molecule has 1 aromatic heterocycles. The van der Waals surface area contributed by atoms with Gasteiger partial charge in [-0.05, 0) is 57.5 Å². The highest BCUT2D eigenvalue weighted by atomic mass is 79.9. The second-order valence-corrected chi connectivity index (χ2v) is 10.9. The van der Waals surface area contributed by atoms with Crippen molar-refractivity contribution in [2.24, 2.45) is 4.99 Å². The maximum absolute atomic E-state index is 14.0. The van der Waals surface area contributed by atoms with Gasteiger partial charge in [0, 0.05) is 15.6 Å². The van der Waals surface area contributed by atoms with Gasteiger partial charge in [-0.15, -0.1) is 0 Å². The molecule has 0 saturated carbocycles. The number of esters is 1. The predicted molar refractivity (Wildman–Crippen MR) is 153 cm³/mol. The number of halogens is 1. The highest BCUT2D eigenvalue weighted by Gasteiger charge is 2.36. The van der Waals surface area contributed by atoms with Gasteiger partial charge in [0.25, 0.3) is 5.56 Å². The van der Waals surface area contributed by atoms with Crippen molar-refractivity contribution in [2.75, 3.05) is 13.7 Å². The van der Waals surface area contributed by atoms with E-state index in [1.807, 2.05) is 69.3 Å². The molecular formula is C29H31BrN2O5S. The molecule has 0 bridgehead atoms. The number of para-hydroxylation sites is 1. The summed E-state index contributed by atoms with van der Waals surface area (Å²) in [6, 6.07) is 12.4. The number of hydrogen-bond donors (Lipinski definition) is 0. The zero-order chi connectivity index (χ0) is 27.4. The molecule has 2 heterocycles. The number of thiazole rings is 1. The number of allylic oxidation sites excluding steroid dienone is 1. The first kappa shape index (κ1) is 27.9. The number of carbonyl (C=O) groups is 1. The van der Waals surface area contributed by atoms with Gasteiger partial charge in [-0.1, -0.05) is 58.8 Å². The van der Waals surface area contributed by atoms with Crippen molar-refractivity contribution in [1.82, 2.24) is 4.57 Å². The quantitative estimate of drug-likeness (QED) is 0.319. The van der Waals surface area contributed by atoms with Crippen molar-refractivity contribution < 1.29 is 19.0 Å². The lowest BCUT2D eigenvalue weighted by atomic mass is 9.93. The summed E-state index contributed by atoms with van der Waals surface area (Å²) < 4.78 is 20.0. The van der Waals surface area contributed by atoms with Gasteiger partial charge in [-0.2, -0.15) is 0 Å². The molecule has 38 heavy (non-hydrogen) atoms. The number of fused-ring (bicyclic) bond motifs is 1. The number of ether oxygens (including phenoxy) is 3. The van der Waals surface area contributed by atoms with E-state index in [1.165, 1.54) is 11.3 Å². The fourth-order valence-electron chi connectivity index (χ4n) is 4.44. The van der Waals surface area contributed by atoms with E-state index in [9.17, 15) is 9.59 Å². The summed E-state index contributed by atoms with van der Waals surface area (Å²) in [6.07, 6.45) is 3.15. The normalized spacial score (nSPS) is 15.3. The second kappa shape index (κ2) is 12.1. The van der Waals surface area contributed by atoms with Crippen molar-refractivity contribution in [3.63, 3.8) is 0 Å². The maximum atomic E-state index is 14.0. The molecule has 1 aliphatic heterocycles. The van der Waals surface area contributed by atoms with Gasteiger partial charge in [0.15, 0.2) is 4.80 Å². The first-order valence-corrected chi connectivity index (χ1v) is 14.2. The molecule has 0 aliphatic carbocycles. The van der Waals surface area contributed by atoms with E-state index in [0.717, 1.165) is 16.5 Å². The first-order chi connectivity index (χ1) is 18.3. The monoisotopic (exact) mass is 598 g/mol. The average molecular weight is 600 g/mol. The molecule has 0 amide bonds. The third-order valence-corrected chi connectivity index (χ3v) is 7.42. The Balaban J connectivity index is 2.03. The van der Waals surface area contributed by atoms with Crippen molar-refractivity contribution in [3.05, 3.63) is 89.0 Å². The van der Waals surface area contributed by atoms with Gasteiger partial charge >= 0.3 is 5.97 Å². The van der Waals surface area contributed by atoms with E-state index in [-0.39, 0.29) is 18.3 Å². The predicted octanol–water partition coefficient (Wildman–Crippen LogP) is 5.14. The summed E-state index contributed by atoms with van der Waals surface area (Å²) in [6.45, 7) is 7.92. The van der Waals surface area contributed by atoms with Crippen LogP contribution in [-0.4, -0.2) is 30.4 Å². The zero-order valence-electron chi connectivity index (χ0n) is 22.1. The topological polar surface area (TPSA) is 79.1 Å². The fourth-order valence-corrected chi connectivity index (χ4v) is 5.83. The van der Waals surface area contributed by atoms with Crippen LogP contribution in [0.1, 0.15) is 57.7 Å². The van der Waals surface area contributed by atoms with Crippen molar-refractivity contribution in [2.45, 2.75) is 52.7 Å². The van der Waals surface area contributed by atoms with Gasteiger partial charge in [-0.25, -0.2) is 9.79 Å². The van der Waals surface area contributed by atoms with Gasteiger partial charge < -0.3 is 14.2 Å². The Bertz CT molecular complexity index is 1550. The molecule has 0 radical (unpaired) electrons. The molecule has 0 fully saturated rings. The number of nitrogens with zero attached hydrogens (tertiary/aromatic N) is 2. The summed E-state index contributed by atoms with van der Waals surface area (Å²) in [7, 11) is 1.57. The van der Waals surface area contributed by atoms with Gasteiger partial charge in [0.05, 0.1) is 35.6 Å². The van der Waals surface area contributed by atoms with E-state index < -0.39 is 12.0 Å². The number of benzene rings is 2. The van der Waals surface area contributed by atoms with Gasteiger partial charge in [0.2, 0.25) is 0 Å². The molecule has 0 N–H and O–H groups in total. The third-order valence-electron chi connectivity index (χ3n) is 5.95. The molecule has 9 heteroatoms. The minimum atomic E-state index is -0.761. The molecule has 7 nitrogen and oxygen atoms in total. The number of rotatable bonds is 9. The van der Waals surface area contributed by atoms with Crippen LogP contribution in [0.3, 0.4) is 0 Å². The van der Waals surface area contributed by atoms with Crippen molar-refractivity contribution >= 4 is 39.3 Å². The van der Waals surface area contributed by atoms with E-state index in [2.05, 4.69) is 15.9 Å². The van der Waals surface area contributed by atoms with Crippen LogP contribution in [0.25, 0.3) is 6.08 Å². The molecule has 0 spiro atoms. The van der Waals surface area contributed by atoms with E-state index in [4.69, 9.17) is 19.2 Å². The largest absolute Gasteiger partial charge is 0.496 e. The van der Waals surface area contributed by atoms with Gasteiger partial charge in [0.1, 0.15) is 17.5 Å². The molecular weight excluding hydrogens is 568 g/mol. The summed E-state index contributed by atoms with van der Waals surface area (Å²) in [5.41, 5.74) is 2.19. The maximum Gasteiger partial charge on any atom is 0.338 e. The van der Waals surface area contributed by atoms with Crippen LogP contribution in [0.2, 0.25) is 0 Å². The smallest absolute Gasteiger partial charge is 0.338 e. The third kappa shape index (κ3) is 5.63. The number of aromatic nitrogens is 1. The van der Waals surface area contributed by atoms with E-state index in [1.54, 1.807) is 18.6 Å². The van der Waals surface area contributed by atoms with Gasteiger partial charge in [-0.3, -0.25) is 9.36 Å². The lowest BCUT2D eigenvalue weighted by Gasteiger charge is -2.27. The molecule has 4 rings (SSSR count). The Hall–Kier alpha value is -3.17. The Morgan fingerprint density at radius 2 is 1.95 bits per heavy atom. The Kier molecular flexibility index (Phi) is 8.89. The first-order valence-electron chi connectivity index (χ1n) is 12.6. The highest BCUT2D eigenvalue weighted by molar-refractivity contribution is 9.10. The molecule has 0 saturated heterocycles. The van der Waals surface area contributed by atoms with E-state index in [0.29, 0.717) is 44.1 Å². The summed E-state index contributed by atoms with van der Waals surface area (Å²) in [5.74, 6) is 0.761. The summed E-state index contributed by atoms with van der Waals surface area (Å²) in [4.78, 5) is 32.8. The highest BCUT2D eigenvalue weighted by Crippen LogP contribution is 2.38. The van der Waals surface area contributed by atoms with Crippen molar-refractivity contribution in [3.8, 4) is 11.5 Å². The SMILES string of the molecule is CCCC1=C(C(=O)OCC)[C@H](c2cc(Br)ccc2OC)n2c(s/c(=C/c3ccccc3OC(C)C)c2=O)=N1. The van der Waals surface area contributed by atoms with Crippen LogP contribution in [-0.2, 0) is 9.53 Å². The van der Waals surface area contributed by atoms with E-state index >= 15 is 0 Å². The van der Waals surface area contributed by atoms with Crippen LogP contribution in [0, 0.1) is 0 Å². The van der Waals surface area contributed by atoms with Crippen molar-refractivity contribution in [1.29, 1.82) is 0 Å². The minimum Gasteiger partial charge on any atom is -0.496 e. The van der Waals surface area contributed by atoms with Crippen LogP contribution in [0.15, 0.2) is 68.0 Å². The number of carbonyl (C=O) groups excluding carboxylic acids is 1.